The second-order valence-corrected chi connectivity index (χ2v) is 9.13. The summed E-state index contributed by atoms with van der Waals surface area (Å²) in [4.78, 5) is 4.44. The van der Waals surface area contributed by atoms with Gasteiger partial charge in [-0.1, -0.05) is 0 Å². The molecule has 0 saturated heterocycles. The Labute approximate surface area is 155 Å². The highest BCUT2D eigenvalue weighted by Gasteiger charge is 2.23. The van der Waals surface area contributed by atoms with Crippen molar-refractivity contribution in [3.8, 4) is 0 Å². The number of aliphatic imine (C=N–C) groups is 1. The Hall–Kier alpha value is -1.16. The maximum atomic E-state index is 11.7. The Morgan fingerprint density at radius 2 is 2.12 bits per heavy atom. The monoisotopic (exact) mass is 390 g/mol. The predicted molar refractivity (Wildman–Crippen MR) is 105 cm³/mol. The summed E-state index contributed by atoms with van der Waals surface area (Å²) in [6.45, 7) is 7.34. The number of rotatable bonds is 10. The van der Waals surface area contributed by atoms with E-state index in [0.29, 0.717) is 32.0 Å². The highest BCUT2D eigenvalue weighted by molar-refractivity contribution is 7.89. The fraction of sp³-hybridized carbons (Fsp3) is 0.688. The quantitative estimate of drug-likeness (QED) is 0.317. The van der Waals surface area contributed by atoms with Crippen molar-refractivity contribution in [3.05, 3.63) is 22.4 Å². The Morgan fingerprint density at radius 3 is 2.68 bits per heavy atom. The topological polar surface area (TPSA) is 94.0 Å². The molecule has 0 fully saturated rings. The fourth-order valence-corrected chi connectivity index (χ4v) is 3.74. The molecule has 0 spiro atoms. The van der Waals surface area contributed by atoms with Gasteiger partial charge in [-0.25, -0.2) is 17.7 Å². The van der Waals surface area contributed by atoms with Crippen LogP contribution in [0.2, 0.25) is 0 Å². The Kier molecular flexibility index (Phi) is 8.84. The highest BCUT2D eigenvalue weighted by atomic mass is 32.2. The van der Waals surface area contributed by atoms with Gasteiger partial charge in [0.05, 0.1) is 12.3 Å². The SMILES string of the molecule is CCNC(=NCC(C)(O)c1ccsc1)NCCCN(C)S(=O)(=O)CC. The number of nitrogens with one attached hydrogen (secondary N) is 2. The predicted octanol–water partition coefficient (Wildman–Crippen LogP) is 1.18. The molecule has 1 heterocycles. The molecule has 3 N–H and O–H groups in total. The first-order valence-electron chi connectivity index (χ1n) is 8.44. The summed E-state index contributed by atoms with van der Waals surface area (Å²) >= 11 is 1.54. The van der Waals surface area contributed by atoms with Gasteiger partial charge in [0.25, 0.3) is 0 Å². The lowest BCUT2D eigenvalue weighted by Gasteiger charge is -2.21. The molecule has 9 heteroatoms. The third kappa shape index (κ3) is 7.31. The van der Waals surface area contributed by atoms with E-state index < -0.39 is 15.6 Å². The van der Waals surface area contributed by atoms with E-state index in [-0.39, 0.29) is 12.3 Å². The summed E-state index contributed by atoms with van der Waals surface area (Å²) in [6, 6.07) is 1.89. The minimum Gasteiger partial charge on any atom is -0.383 e. The molecule has 0 amide bonds. The van der Waals surface area contributed by atoms with E-state index in [9.17, 15) is 13.5 Å². The lowest BCUT2D eigenvalue weighted by molar-refractivity contribution is 0.0677. The largest absolute Gasteiger partial charge is 0.383 e. The van der Waals surface area contributed by atoms with E-state index >= 15 is 0 Å². The molecule has 0 aromatic carbocycles. The van der Waals surface area contributed by atoms with Crippen LogP contribution in [-0.2, 0) is 15.6 Å². The van der Waals surface area contributed by atoms with Gasteiger partial charge in [0.1, 0.15) is 5.60 Å². The minimum absolute atomic E-state index is 0.110. The zero-order valence-corrected chi connectivity index (χ0v) is 17.1. The van der Waals surface area contributed by atoms with Crippen molar-refractivity contribution in [3.63, 3.8) is 0 Å². The van der Waals surface area contributed by atoms with E-state index in [2.05, 4.69) is 15.6 Å². The van der Waals surface area contributed by atoms with Crippen molar-refractivity contribution in [2.45, 2.75) is 32.8 Å². The number of hydrogen-bond acceptors (Lipinski definition) is 5. The van der Waals surface area contributed by atoms with Gasteiger partial charge in [-0.05, 0) is 49.6 Å². The maximum Gasteiger partial charge on any atom is 0.213 e. The third-order valence-electron chi connectivity index (χ3n) is 3.81. The first-order chi connectivity index (χ1) is 11.7. The number of sulfonamides is 1. The molecule has 7 nitrogen and oxygen atoms in total. The van der Waals surface area contributed by atoms with Crippen LogP contribution in [0.3, 0.4) is 0 Å². The van der Waals surface area contributed by atoms with Crippen LogP contribution in [0.1, 0.15) is 32.8 Å². The smallest absolute Gasteiger partial charge is 0.213 e. The minimum atomic E-state index is -3.14. The fourth-order valence-electron chi connectivity index (χ4n) is 2.10. The van der Waals surface area contributed by atoms with E-state index in [1.54, 1.807) is 32.2 Å². The number of guanidine groups is 1. The Balaban J connectivity index is 2.51. The second-order valence-electron chi connectivity index (χ2n) is 5.98. The van der Waals surface area contributed by atoms with Crippen LogP contribution in [0.15, 0.2) is 21.8 Å². The van der Waals surface area contributed by atoms with Crippen molar-refractivity contribution in [1.29, 1.82) is 0 Å². The van der Waals surface area contributed by atoms with E-state index in [1.165, 1.54) is 4.31 Å². The summed E-state index contributed by atoms with van der Waals surface area (Å²) in [5.41, 5.74) is -0.166. The van der Waals surface area contributed by atoms with Crippen LogP contribution in [0.4, 0.5) is 0 Å². The molecular formula is C16H30N4O3S2. The van der Waals surface area contributed by atoms with Crippen LogP contribution in [-0.4, -0.2) is 62.8 Å². The molecule has 1 aromatic rings. The van der Waals surface area contributed by atoms with Crippen molar-refractivity contribution < 1.29 is 13.5 Å². The molecule has 1 rings (SSSR count). The summed E-state index contributed by atoms with van der Waals surface area (Å²) in [5, 5.41) is 20.7. The molecular weight excluding hydrogens is 360 g/mol. The van der Waals surface area contributed by atoms with Gasteiger partial charge in [0, 0.05) is 26.7 Å². The van der Waals surface area contributed by atoms with Crippen LogP contribution in [0, 0.1) is 0 Å². The van der Waals surface area contributed by atoms with Crippen molar-refractivity contribution in [2.75, 3.05) is 39.0 Å². The maximum absolute atomic E-state index is 11.7. The van der Waals surface area contributed by atoms with Gasteiger partial charge >= 0.3 is 0 Å². The summed E-state index contributed by atoms with van der Waals surface area (Å²) in [6.07, 6.45) is 0.668. The molecule has 0 aliphatic rings. The average Bonchev–Trinajstić information content (AvgIpc) is 3.11. The summed E-state index contributed by atoms with van der Waals surface area (Å²) in [5.74, 6) is 0.720. The van der Waals surface area contributed by atoms with Gasteiger partial charge in [-0.15, -0.1) is 0 Å². The van der Waals surface area contributed by atoms with E-state index in [4.69, 9.17) is 0 Å². The van der Waals surface area contributed by atoms with Crippen LogP contribution in [0.5, 0.6) is 0 Å². The number of thiophene rings is 1. The summed E-state index contributed by atoms with van der Waals surface area (Å²) < 4.78 is 24.8. The van der Waals surface area contributed by atoms with Crippen molar-refractivity contribution >= 4 is 27.3 Å². The van der Waals surface area contributed by atoms with Gasteiger partial charge in [0.15, 0.2) is 5.96 Å². The second kappa shape index (κ2) is 10.1. The molecule has 0 saturated carbocycles. The van der Waals surface area contributed by atoms with Crippen LogP contribution < -0.4 is 10.6 Å². The van der Waals surface area contributed by atoms with E-state index in [1.807, 2.05) is 23.8 Å². The lowest BCUT2D eigenvalue weighted by Crippen LogP contribution is -2.40. The zero-order chi connectivity index (χ0) is 18.9. The van der Waals surface area contributed by atoms with E-state index in [0.717, 1.165) is 5.56 Å². The molecule has 144 valence electrons. The Morgan fingerprint density at radius 1 is 1.40 bits per heavy atom. The number of aliphatic hydroxyl groups is 1. The van der Waals surface area contributed by atoms with Crippen LogP contribution >= 0.6 is 11.3 Å². The van der Waals surface area contributed by atoms with Gasteiger partial charge in [-0.2, -0.15) is 11.3 Å². The summed E-state index contributed by atoms with van der Waals surface area (Å²) in [7, 11) is -1.54. The molecule has 0 radical (unpaired) electrons. The van der Waals surface area contributed by atoms with Gasteiger partial charge in [-0.3, -0.25) is 0 Å². The molecule has 1 aromatic heterocycles. The molecule has 0 bridgehead atoms. The van der Waals surface area contributed by atoms with Crippen molar-refractivity contribution in [2.24, 2.45) is 4.99 Å². The number of nitrogens with zero attached hydrogens (tertiary/aromatic N) is 2. The van der Waals surface area contributed by atoms with Gasteiger partial charge < -0.3 is 15.7 Å². The standard InChI is InChI=1S/C16H30N4O3S2/c1-5-17-15(18-9-7-10-20(4)25(22,23)6-2)19-13-16(3,21)14-8-11-24-12-14/h8,11-12,21H,5-7,9-10,13H2,1-4H3,(H2,17,18,19). The highest BCUT2D eigenvalue weighted by Crippen LogP contribution is 2.23. The first-order valence-corrected chi connectivity index (χ1v) is 11.0. The normalized spacial score (nSPS) is 15.2. The zero-order valence-electron chi connectivity index (χ0n) is 15.4. The molecule has 0 aliphatic heterocycles. The average molecular weight is 391 g/mol. The van der Waals surface area contributed by atoms with Gasteiger partial charge in [0.2, 0.25) is 10.0 Å². The Bertz CT molecular complexity index is 628. The van der Waals surface area contributed by atoms with Crippen molar-refractivity contribution in [1.82, 2.24) is 14.9 Å². The third-order valence-corrected chi connectivity index (χ3v) is 6.36. The molecule has 25 heavy (non-hydrogen) atoms. The van der Waals surface area contributed by atoms with Crippen LogP contribution in [0.25, 0.3) is 0 Å². The lowest BCUT2D eigenvalue weighted by atomic mass is 10.00. The first kappa shape index (κ1) is 21.9. The molecule has 1 unspecified atom stereocenters. The molecule has 0 aliphatic carbocycles. The number of hydrogen-bond donors (Lipinski definition) is 3. The molecule has 1 atom stereocenters.